The van der Waals surface area contributed by atoms with Crippen LogP contribution in [0, 0.1) is 6.92 Å². The number of hydrogen-bond donors (Lipinski definition) is 1. The Hall–Kier alpha value is -3.00. The third-order valence-electron chi connectivity index (χ3n) is 3.40. The third kappa shape index (κ3) is 4.34. The molecule has 3 aromatic rings. The number of benzene rings is 1. The lowest BCUT2D eigenvalue weighted by Crippen LogP contribution is -2.07. The fourth-order valence-corrected chi connectivity index (χ4v) is 2.80. The van der Waals surface area contributed by atoms with Crippen molar-refractivity contribution in [3.63, 3.8) is 0 Å². The van der Waals surface area contributed by atoms with Crippen molar-refractivity contribution >= 4 is 28.7 Å². The minimum atomic E-state index is -0.329. The summed E-state index contributed by atoms with van der Waals surface area (Å²) in [6.07, 6.45) is 1.48. The molecule has 3 rings (SSSR count). The Kier molecular flexibility index (Phi) is 5.43. The van der Waals surface area contributed by atoms with E-state index in [-0.39, 0.29) is 24.0 Å². The van der Waals surface area contributed by atoms with E-state index in [9.17, 15) is 9.90 Å². The molecule has 0 unspecified atom stereocenters. The molecule has 0 spiro atoms. The number of aliphatic imine (C=N–C) groups is 1. The molecule has 0 saturated carbocycles. The molecule has 0 saturated heterocycles. The van der Waals surface area contributed by atoms with Gasteiger partial charge in [-0.15, -0.1) is 11.3 Å². The molecule has 0 bridgehead atoms. The van der Waals surface area contributed by atoms with Crippen LogP contribution in [-0.2, 0) is 16.0 Å². The zero-order valence-corrected chi connectivity index (χ0v) is 15.1. The van der Waals surface area contributed by atoms with Gasteiger partial charge in [-0.05, 0) is 26.0 Å². The minimum Gasteiger partial charge on any atom is -0.479 e. The van der Waals surface area contributed by atoms with Crippen molar-refractivity contribution in [3.8, 4) is 17.4 Å². The van der Waals surface area contributed by atoms with Crippen LogP contribution in [0.1, 0.15) is 23.9 Å². The monoisotopic (exact) mass is 371 g/mol. The van der Waals surface area contributed by atoms with Crippen LogP contribution in [0.5, 0.6) is 5.95 Å². The number of hydrogen-bond acceptors (Lipinski definition) is 8. The topological polar surface area (TPSA) is 97.8 Å². The van der Waals surface area contributed by atoms with Gasteiger partial charge < -0.3 is 14.3 Å². The maximum absolute atomic E-state index is 11.5. The fourth-order valence-electron chi connectivity index (χ4n) is 2.14. The molecule has 0 atom stereocenters. The molecule has 134 valence electrons. The van der Waals surface area contributed by atoms with Crippen molar-refractivity contribution in [2.75, 3.05) is 6.61 Å². The predicted molar refractivity (Wildman–Crippen MR) is 98.0 cm³/mol. The van der Waals surface area contributed by atoms with Gasteiger partial charge >= 0.3 is 11.9 Å². The van der Waals surface area contributed by atoms with Crippen LogP contribution in [0.25, 0.3) is 11.5 Å². The van der Waals surface area contributed by atoms with E-state index in [1.54, 1.807) is 12.3 Å². The molecule has 0 radical (unpaired) electrons. The van der Waals surface area contributed by atoms with Crippen LogP contribution in [0.2, 0.25) is 0 Å². The van der Waals surface area contributed by atoms with E-state index >= 15 is 0 Å². The molecule has 0 aliphatic rings. The molecule has 26 heavy (non-hydrogen) atoms. The Morgan fingerprint density at radius 3 is 2.85 bits per heavy atom. The van der Waals surface area contributed by atoms with Crippen LogP contribution in [0.3, 0.4) is 0 Å². The van der Waals surface area contributed by atoms with E-state index < -0.39 is 0 Å². The molecular formula is C18H17N3O4S. The Bertz CT molecular complexity index is 928. The highest BCUT2D eigenvalue weighted by Gasteiger charge is 2.13. The lowest BCUT2D eigenvalue weighted by Gasteiger charge is -1.97. The maximum atomic E-state index is 11.5. The second-order valence-corrected chi connectivity index (χ2v) is 6.27. The molecule has 1 aromatic carbocycles. The minimum absolute atomic E-state index is 0.104. The summed E-state index contributed by atoms with van der Waals surface area (Å²) in [5.41, 5.74) is 2.68. The summed E-state index contributed by atoms with van der Waals surface area (Å²) in [5.74, 6) is -0.330. The second-order valence-electron chi connectivity index (χ2n) is 5.44. The van der Waals surface area contributed by atoms with Crippen molar-refractivity contribution in [1.82, 2.24) is 9.97 Å². The summed E-state index contributed by atoms with van der Waals surface area (Å²) < 4.78 is 10.2. The molecule has 0 aliphatic carbocycles. The SMILES string of the molecule is CCOC(=O)Cc1csc(N=Cc2nc(-c3ccc(C)cc3)oc2O)n1. The Balaban J connectivity index is 1.72. The number of aromatic hydroxyl groups is 1. The summed E-state index contributed by atoms with van der Waals surface area (Å²) in [5, 5.41) is 12.1. The molecule has 2 heterocycles. The molecule has 0 amide bonds. The number of thiazole rings is 1. The highest BCUT2D eigenvalue weighted by molar-refractivity contribution is 7.13. The van der Waals surface area contributed by atoms with Gasteiger partial charge in [-0.3, -0.25) is 4.79 Å². The van der Waals surface area contributed by atoms with Crippen molar-refractivity contribution in [1.29, 1.82) is 0 Å². The van der Waals surface area contributed by atoms with Gasteiger partial charge in [0.2, 0.25) is 11.0 Å². The first kappa shape index (κ1) is 17.8. The number of carbonyl (C=O) groups excluding carboxylic acids is 1. The number of oxazole rings is 1. The molecule has 0 aliphatic heterocycles. The zero-order valence-electron chi connectivity index (χ0n) is 14.3. The number of ether oxygens (including phenoxy) is 1. The van der Waals surface area contributed by atoms with Crippen LogP contribution in [0.4, 0.5) is 5.13 Å². The third-order valence-corrected chi connectivity index (χ3v) is 4.20. The predicted octanol–water partition coefficient (Wildman–Crippen LogP) is 3.67. The van der Waals surface area contributed by atoms with Gasteiger partial charge in [0, 0.05) is 10.9 Å². The van der Waals surface area contributed by atoms with Crippen LogP contribution in [-0.4, -0.2) is 33.9 Å². The first-order valence-corrected chi connectivity index (χ1v) is 8.84. The summed E-state index contributed by atoms with van der Waals surface area (Å²) in [6, 6.07) is 7.60. The van der Waals surface area contributed by atoms with E-state index in [1.807, 2.05) is 31.2 Å². The highest BCUT2D eigenvalue weighted by atomic mass is 32.1. The molecule has 0 fully saturated rings. The van der Waals surface area contributed by atoms with Gasteiger partial charge in [-0.2, -0.15) is 0 Å². The van der Waals surface area contributed by atoms with Crippen LogP contribution in [0.15, 0.2) is 39.1 Å². The first-order chi connectivity index (χ1) is 12.5. The Morgan fingerprint density at radius 2 is 2.12 bits per heavy atom. The van der Waals surface area contributed by atoms with Gasteiger partial charge in [0.1, 0.15) is 0 Å². The van der Waals surface area contributed by atoms with Crippen LogP contribution >= 0.6 is 11.3 Å². The smallest absolute Gasteiger partial charge is 0.312 e. The molecule has 7 nitrogen and oxygen atoms in total. The Morgan fingerprint density at radius 1 is 1.35 bits per heavy atom. The number of carbonyl (C=O) groups is 1. The van der Waals surface area contributed by atoms with Gasteiger partial charge in [0.15, 0.2) is 5.69 Å². The first-order valence-electron chi connectivity index (χ1n) is 7.96. The number of nitrogens with zero attached hydrogens (tertiary/aromatic N) is 3. The van der Waals surface area contributed by atoms with Gasteiger partial charge in [-0.25, -0.2) is 15.0 Å². The number of aromatic nitrogens is 2. The number of rotatable bonds is 6. The summed E-state index contributed by atoms with van der Waals surface area (Å²) in [6.45, 7) is 4.08. The lowest BCUT2D eigenvalue weighted by molar-refractivity contribution is -0.142. The quantitative estimate of drug-likeness (QED) is 0.524. The van der Waals surface area contributed by atoms with Crippen molar-refractivity contribution in [2.24, 2.45) is 4.99 Å². The molecular weight excluding hydrogens is 354 g/mol. The average Bonchev–Trinajstić information content (AvgIpc) is 3.20. The molecule has 1 N–H and O–H groups in total. The number of aryl methyl sites for hydroxylation is 1. The second kappa shape index (κ2) is 7.92. The Labute approximate surface area is 154 Å². The van der Waals surface area contributed by atoms with E-state index in [4.69, 9.17) is 9.15 Å². The van der Waals surface area contributed by atoms with E-state index in [1.165, 1.54) is 17.6 Å². The van der Waals surface area contributed by atoms with E-state index in [2.05, 4.69) is 15.0 Å². The van der Waals surface area contributed by atoms with Gasteiger partial charge in [0.25, 0.3) is 0 Å². The van der Waals surface area contributed by atoms with E-state index in [0.29, 0.717) is 23.3 Å². The van der Waals surface area contributed by atoms with E-state index in [0.717, 1.165) is 11.1 Å². The lowest BCUT2D eigenvalue weighted by atomic mass is 10.1. The van der Waals surface area contributed by atoms with Gasteiger partial charge in [0.05, 0.1) is 24.9 Å². The normalized spacial score (nSPS) is 11.2. The zero-order chi connectivity index (χ0) is 18.5. The van der Waals surface area contributed by atoms with Crippen molar-refractivity contribution in [3.05, 3.63) is 46.6 Å². The summed E-state index contributed by atoms with van der Waals surface area (Å²) in [7, 11) is 0. The summed E-state index contributed by atoms with van der Waals surface area (Å²) in [4.78, 5) is 24.1. The number of esters is 1. The molecule has 2 aromatic heterocycles. The fraction of sp³-hybridized carbons (Fsp3) is 0.222. The average molecular weight is 371 g/mol. The summed E-state index contributed by atoms with van der Waals surface area (Å²) >= 11 is 1.28. The standard InChI is InChI=1S/C18H17N3O4S/c1-3-24-15(22)8-13-10-26-18(20-13)19-9-14-17(23)25-16(21-14)12-6-4-11(2)5-7-12/h4-7,9-10,23H,3,8H2,1-2H3. The van der Waals surface area contributed by atoms with Crippen molar-refractivity contribution in [2.45, 2.75) is 20.3 Å². The molecule has 8 heteroatoms. The highest BCUT2D eigenvalue weighted by Crippen LogP contribution is 2.26. The van der Waals surface area contributed by atoms with Gasteiger partial charge in [-0.1, -0.05) is 17.7 Å². The maximum Gasteiger partial charge on any atom is 0.312 e. The van der Waals surface area contributed by atoms with Crippen LogP contribution < -0.4 is 0 Å². The largest absolute Gasteiger partial charge is 0.479 e. The van der Waals surface area contributed by atoms with Crippen molar-refractivity contribution < 1.29 is 19.1 Å².